The minimum atomic E-state index is -0.588. The number of aromatic nitrogens is 4. The minimum Gasteiger partial charge on any atom is -0.481 e. The Morgan fingerprint density at radius 1 is 1.16 bits per heavy atom. The summed E-state index contributed by atoms with van der Waals surface area (Å²) in [4.78, 5) is 34.4. The number of carbonyl (C=O) groups excluding carboxylic acids is 2. The fourth-order valence-corrected chi connectivity index (χ4v) is 4.71. The van der Waals surface area contributed by atoms with Crippen LogP contribution in [0.3, 0.4) is 0 Å². The van der Waals surface area contributed by atoms with Crippen LogP contribution in [0.4, 0.5) is 5.82 Å². The minimum absolute atomic E-state index is 0.0218. The van der Waals surface area contributed by atoms with E-state index in [1.54, 1.807) is 30.0 Å². The summed E-state index contributed by atoms with van der Waals surface area (Å²) in [6.07, 6.45) is 5.99. The Morgan fingerprint density at radius 3 is 2.55 bits per heavy atom. The fourth-order valence-electron chi connectivity index (χ4n) is 4.71. The Bertz CT molecular complexity index is 1280. The topological polar surface area (TPSA) is 169 Å². The van der Waals surface area contributed by atoms with Gasteiger partial charge in [-0.05, 0) is 51.7 Å². The van der Waals surface area contributed by atoms with Crippen molar-refractivity contribution in [1.82, 2.24) is 35.5 Å². The van der Waals surface area contributed by atoms with Crippen LogP contribution in [0, 0.1) is 5.41 Å². The highest BCUT2D eigenvalue weighted by atomic mass is 16.5. The maximum atomic E-state index is 13.4. The summed E-state index contributed by atoms with van der Waals surface area (Å²) in [6, 6.07) is 5.36. The molecule has 1 aliphatic rings. The number of nitrogens with zero attached hydrogens (tertiary/aromatic N) is 4. The molecule has 4 rings (SSSR count). The van der Waals surface area contributed by atoms with Crippen LogP contribution in [-0.2, 0) is 4.79 Å². The van der Waals surface area contributed by atoms with E-state index in [4.69, 9.17) is 15.6 Å². The van der Waals surface area contributed by atoms with Gasteiger partial charge in [0.2, 0.25) is 11.8 Å². The second kappa shape index (κ2) is 11.7. The molecule has 0 aliphatic heterocycles. The van der Waals surface area contributed by atoms with E-state index in [1.807, 2.05) is 19.9 Å². The van der Waals surface area contributed by atoms with Gasteiger partial charge in [-0.2, -0.15) is 5.10 Å². The van der Waals surface area contributed by atoms with E-state index in [0.29, 0.717) is 35.7 Å². The van der Waals surface area contributed by atoms with Crippen molar-refractivity contribution in [3.05, 3.63) is 36.3 Å². The van der Waals surface area contributed by atoms with Crippen LogP contribution in [0.2, 0.25) is 0 Å². The molecular weight excluding hydrogens is 488 g/mol. The summed E-state index contributed by atoms with van der Waals surface area (Å²) in [5.41, 5.74) is 7.85. The van der Waals surface area contributed by atoms with Gasteiger partial charge in [-0.3, -0.25) is 9.59 Å². The van der Waals surface area contributed by atoms with Crippen molar-refractivity contribution in [2.45, 2.75) is 51.6 Å². The van der Waals surface area contributed by atoms with E-state index in [1.165, 1.54) is 6.33 Å². The molecule has 204 valence electrons. The Morgan fingerprint density at radius 2 is 1.87 bits per heavy atom. The zero-order valence-corrected chi connectivity index (χ0v) is 22.0. The van der Waals surface area contributed by atoms with Crippen molar-refractivity contribution >= 4 is 23.1 Å². The Balaban J connectivity index is 1.42. The molecule has 0 atom stereocenters. The van der Waals surface area contributed by atoms with E-state index in [2.05, 4.69) is 31.0 Å². The van der Waals surface area contributed by atoms with Gasteiger partial charge >= 0.3 is 0 Å². The highest BCUT2D eigenvalue weighted by molar-refractivity contribution is 6.05. The van der Waals surface area contributed by atoms with Crippen LogP contribution < -0.4 is 26.4 Å². The first-order chi connectivity index (χ1) is 18.2. The molecule has 0 unspecified atom stereocenters. The summed E-state index contributed by atoms with van der Waals surface area (Å²) >= 11 is 0. The first-order valence-corrected chi connectivity index (χ1v) is 12.8. The van der Waals surface area contributed by atoms with Crippen LogP contribution in [0.5, 0.6) is 5.88 Å². The van der Waals surface area contributed by atoms with Gasteiger partial charge in [-0.25, -0.2) is 14.5 Å². The molecule has 38 heavy (non-hydrogen) atoms. The van der Waals surface area contributed by atoms with Crippen molar-refractivity contribution in [2.75, 3.05) is 32.5 Å². The number of carbonyl (C=O) groups is 2. The van der Waals surface area contributed by atoms with Crippen LogP contribution in [0.25, 0.3) is 16.8 Å². The molecule has 0 bridgehead atoms. The van der Waals surface area contributed by atoms with E-state index >= 15 is 0 Å². The Kier molecular flexibility index (Phi) is 8.42. The standard InChI is InChI=1S/C26H36N8O4/c1-26(2,14-28-10-11-35)25(37)33-18-6-4-17(5-7-18)32-24(36)19-13-20(16-8-9-29-21(12-16)38-3)34-22(19)23(27)30-15-31-34/h8-9,12-13,15,17-18,28,35H,4-7,10-11,14H2,1-3H3,(H,32,36)(H,33,37)(H2,27,30,31)/t17-,18-. The number of aliphatic hydroxyl groups excluding tert-OH is 1. The predicted octanol–water partition coefficient (Wildman–Crippen LogP) is 1.15. The number of pyridine rings is 1. The number of ether oxygens (including phenoxy) is 1. The first-order valence-electron chi connectivity index (χ1n) is 12.8. The largest absolute Gasteiger partial charge is 0.481 e. The number of hydrogen-bond donors (Lipinski definition) is 5. The van der Waals surface area contributed by atoms with Crippen molar-refractivity contribution in [2.24, 2.45) is 5.41 Å². The quantitative estimate of drug-likeness (QED) is 0.244. The zero-order valence-electron chi connectivity index (χ0n) is 22.0. The van der Waals surface area contributed by atoms with Gasteiger partial charge in [-0.15, -0.1) is 0 Å². The molecule has 0 radical (unpaired) electrons. The van der Waals surface area contributed by atoms with E-state index < -0.39 is 5.41 Å². The second-order valence-corrected chi connectivity index (χ2v) is 10.2. The summed E-state index contributed by atoms with van der Waals surface area (Å²) in [5.74, 6) is 0.380. The SMILES string of the molecule is COc1cc(-c2cc(C(=O)N[C@H]3CC[C@H](NC(=O)C(C)(C)CNCCO)CC3)c3c(N)ncnn23)ccn1. The molecular formula is C26H36N8O4. The smallest absolute Gasteiger partial charge is 0.253 e. The highest BCUT2D eigenvalue weighted by Gasteiger charge is 2.31. The number of fused-ring (bicyclic) bond motifs is 1. The molecule has 3 heterocycles. The average Bonchev–Trinajstić information content (AvgIpc) is 3.31. The van der Waals surface area contributed by atoms with Crippen LogP contribution in [0.1, 0.15) is 49.9 Å². The number of nitrogen functional groups attached to an aromatic ring is 1. The molecule has 0 aromatic carbocycles. The van der Waals surface area contributed by atoms with Crippen LogP contribution >= 0.6 is 0 Å². The maximum Gasteiger partial charge on any atom is 0.253 e. The zero-order chi connectivity index (χ0) is 27.3. The van der Waals surface area contributed by atoms with E-state index in [0.717, 1.165) is 31.2 Å². The molecule has 3 aromatic heterocycles. The maximum absolute atomic E-state index is 13.4. The summed E-state index contributed by atoms with van der Waals surface area (Å²) in [5, 5.41) is 22.6. The third kappa shape index (κ3) is 6.03. The third-order valence-corrected chi connectivity index (χ3v) is 6.93. The number of amides is 2. The summed E-state index contributed by atoms with van der Waals surface area (Å²) < 4.78 is 6.85. The van der Waals surface area contributed by atoms with Gasteiger partial charge in [0.25, 0.3) is 5.91 Å². The van der Waals surface area contributed by atoms with Crippen molar-refractivity contribution < 1.29 is 19.4 Å². The lowest BCUT2D eigenvalue weighted by atomic mass is 9.88. The molecule has 0 spiro atoms. The number of nitrogens with one attached hydrogen (secondary N) is 3. The molecule has 0 saturated heterocycles. The lowest BCUT2D eigenvalue weighted by Crippen LogP contribution is -2.49. The van der Waals surface area contributed by atoms with Gasteiger partial charge < -0.3 is 31.5 Å². The van der Waals surface area contributed by atoms with Gasteiger partial charge in [0, 0.05) is 43.0 Å². The second-order valence-electron chi connectivity index (χ2n) is 10.2. The van der Waals surface area contributed by atoms with Crippen molar-refractivity contribution in [3.8, 4) is 17.1 Å². The van der Waals surface area contributed by atoms with E-state index in [9.17, 15) is 9.59 Å². The molecule has 2 amide bonds. The number of anilines is 1. The number of methoxy groups -OCH3 is 1. The molecule has 1 fully saturated rings. The number of nitrogens with two attached hydrogens (primary N) is 1. The van der Waals surface area contributed by atoms with Gasteiger partial charge in [-0.1, -0.05) is 0 Å². The summed E-state index contributed by atoms with van der Waals surface area (Å²) in [6.45, 7) is 4.73. The average molecular weight is 525 g/mol. The predicted molar refractivity (Wildman–Crippen MR) is 143 cm³/mol. The Hall–Kier alpha value is -3.77. The highest BCUT2D eigenvalue weighted by Crippen LogP contribution is 2.29. The monoisotopic (exact) mass is 524 g/mol. The molecule has 6 N–H and O–H groups in total. The van der Waals surface area contributed by atoms with Crippen molar-refractivity contribution in [1.29, 1.82) is 0 Å². The van der Waals surface area contributed by atoms with Gasteiger partial charge in [0.15, 0.2) is 5.82 Å². The lowest BCUT2D eigenvalue weighted by Gasteiger charge is -2.32. The fraction of sp³-hybridized carbons (Fsp3) is 0.500. The number of hydrogen-bond acceptors (Lipinski definition) is 9. The molecule has 1 saturated carbocycles. The Labute approximate surface area is 221 Å². The van der Waals surface area contributed by atoms with Crippen LogP contribution in [0.15, 0.2) is 30.7 Å². The van der Waals surface area contributed by atoms with E-state index in [-0.39, 0.29) is 36.3 Å². The van der Waals surface area contributed by atoms with Crippen LogP contribution in [-0.4, -0.2) is 75.4 Å². The lowest BCUT2D eigenvalue weighted by molar-refractivity contribution is -0.130. The molecule has 12 heteroatoms. The number of aliphatic hydroxyl groups is 1. The first kappa shape index (κ1) is 27.3. The molecule has 1 aliphatic carbocycles. The number of rotatable bonds is 10. The van der Waals surface area contributed by atoms with Crippen molar-refractivity contribution in [3.63, 3.8) is 0 Å². The summed E-state index contributed by atoms with van der Waals surface area (Å²) in [7, 11) is 1.54. The normalized spacial score (nSPS) is 17.8. The molecule has 12 nitrogen and oxygen atoms in total. The molecule has 3 aromatic rings. The van der Waals surface area contributed by atoms with Gasteiger partial charge in [0.05, 0.1) is 30.4 Å². The third-order valence-electron chi connectivity index (χ3n) is 6.93. The van der Waals surface area contributed by atoms with Gasteiger partial charge in [0.1, 0.15) is 11.8 Å².